The molecule has 0 radical (unpaired) electrons. The molecule has 1 heterocycles. The molecule has 1 N–H and O–H groups in total. The van der Waals surface area contributed by atoms with Crippen molar-refractivity contribution in [1.82, 2.24) is 4.98 Å². The van der Waals surface area contributed by atoms with Crippen molar-refractivity contribution in [2.24, 2.45) is 0 Å². The van der Waals surface area contributed by atoms with Crippen LogP contribution in [-0.4, -0.2) is 22.7 Å². The number of carboxylic acid groups (broad SMARTS) is 1. The van der Waals surface area contributed by atoms with Crippen LogP contribution in [0.4, 0.5) is 0 Å². The third-order valence-corrected chi connectivity index (χ3v) is 5.64. The largest absolute Gasteiger partial charge is 0.494 e. The highest BCUT2D eigenvalue weighted by atomic mass is 16.5. The standard InChI is InChI=1S/C27H29NO4/c1-27(2,3)19-11-14-24-23(17-19)28-26(32-24)22-9-7-8-18-16-20(12-13-21(18)22)31-15-6-4-5-10-25(29)30/h7-9,11-14,16-17H,4-6,10,15H2,1-3H3,(H,29,30). The van der Waals surface area contributed by atoms with Crippen molar-refractivity contribution in [2.75, 3.05) is 6.61 Å². The number of aromatic nitrogens is 1. The van der Waals surface area contributed by atoms with E-state index in [1.165, 1.54) is 5.56 Å². The lowest BCUT2D eigenvalue weighted by molar-refractivity contribution is -0.137. The van der Waals surface area contributed by atoms with Crippen molar-refractivity contribution >= 4 is 27.8 Å². The molecule has 166 valence electrons. The molecule has 0 saturated carbocycles. The van der Waals surface area contributed by atoms with Crippen LogP contribution in [0.25, 0.3) is 33.3 Å². The van der Waals surface area contributed by atoms with E-state index in [4.69, 9.17) is 19.2 Å². The van der Waals surface area contributed by atoms with Gasteiger partial charge in [0.25, 0.3) is 0 Å². The van der Waals surface area contributed by atoms with Crippen molar-refractivity contribution in [3.63, 3.8) is 0 Å². The first kappa shape index (κ1) is 21.9. The quantitative estimate of drug-likeness (QED) is 0.305. The lowest BCUT2D eigenvalue weighted by atomic mass is 9.87. The first-order chi connectivity index (χ1) is 15.3. The Kier molecular flexibility index (Phi) is 6.17. The van der Waals surface area contributed by atoms with Gasteiger partial charge in [-0.25, -0.2) is 4.98 Å². The van der Waals surface area contributed by atoms with Crippen molar-refractivity contribution in [1.29, 1.82) is 0 Å². The highest BCUT2D eigenvalue weighted by molar-refractivity contribution is 5.96. The molecule has 0 atom stereocenters. The number of ether oxygens (including phenoxy) is 1. The monoisotopic (exact) mass is 431 g/mol. The Bertz CT molecular complexity index is 1250. The highest BCUT2D eigenvalue weighted by Crippen LogP contribution is 2.33. The molecule has 0 unspecified atom stereocenters. The Morgan fingerprint density at radius 3 is 2.66 bits per heavy atom. The Balaban J connectivity index is 1.53. The smallest absolute Gasteiger partial charge is 0.303 e. The maximum atomic E-state index is 10.6. The molecule has 0 spiro atoms. The fourth-order valence-corrected chi connectivity index (χ4v) is 3.79. The van der Waals surface area contributed by atoms with E-state index in [1.54, 1.807) is 0 Å². The molecule has 0 fully saturated rings. The van der Waals surface area contributed by atoms with Crippen LogP contribution in [0.1, 0.15) is 52.0 Å². The molecular formula is C27H29NO4. The number of fused-ring (bicyclic) bond motifs is 2. The Hall–Kier alpha value is -3.34. The first-order valence-corrected chi connectivity index (χ1v) is 11.1. The van der Waals surface area contributed by atoms with E-state index in [2.05, 4.69) is 39.0 Å². The molecule has 3 aromatic carbocycles. The summed E-state index contributed by atoms with van der Waals surface area (Å²) in [5.41, 5.74) is 3.89. The minimum absolute atomic E-state index is 0.0550. The summed E-state index contributed by atoms with van der Waals surface area (Å²) in [5, 5.41) is 10.8. The Morgan fingerprint density at radius 1 is 1.03 bits per heavy atom. The molecular weight excluding hydrogens is 402 g/mol. The van der Waals surface area contributed by atoms with E-state index in [0.29, 0.717) is 18.9 Å². The molecule has 1 aromatic heterocycles. The fraction of sp³-hybridized carbons (Fsp3) is 0.333. The normalized spacial score (nSPS) is 11.8. The number of benzene rings is 3. The van der Waals surface area contributed by atoms with Gasteiger partial charge in [0, 0.05) is 12.0 Å². The summed E-state index contributed by atoms with van der Waals surface area (Å²) < 4.78 is 12.0. The number of oxazole rings is 1. The number of carboxylic acids is 1. The number of unbranched alkanes of at least 4 members (excludes halogenated alkanes) is 2. The maximum Gasteiger partial charge on any atom is 0.303 e. The Morgan fingerprint density at radius 2 is 1.88 bits per heavy atom. The van der Waals surface area contributed by atoms with E-state index >= 15 is 0 Å². The molecule has 0 aliphatic carbocycles. The van der Waals surface area contributed by atoms with Gasteiger partial charge in [-0.1, -0.05) is 39.0 Å². The predicted molar refractivity (Wildman–Crippen MR) is 127 cm³/mol. The van der Waals surface area contributed by atoms with Gasteiger partial charge in [-0.05, 0) is 77.4 Å². The van der Waals surface area contributed by atoms with Gasteiger partial charge in [0.1, 0.15) is 11.3 Å². The van der Waals surface area contributed by atoms with Crippen LogP contribution < -0.4 is 4.74 Å². The first-order valence-electron chi connectivity index (χ1n) is 11.1. The topological polar surface area (TPSA) is 72.6 Å². The molecule has 5 nitrogen and oxygen atoms in total. The van der Waals surface area contributed by atoms with Crippen molar-refractivity contribution in [2.45, 2.75) is 51.9 Å². The van der Waals surface area contributed by atoms with Crippen LogP contribution in [-0.2, 0) is 10.2 Å². The summed E-state index contributed by atoms with van der Waals surface area (Å²) in [7, 11) is 0. The molecule has 0 bridgehead atoms. The summed E-state index contributed by atoms with van der Waals surface area (Å²) in [5.74, 6) is 0.675. The van der Waals surface area contributed by atoms with Gasteiger partial charge in [0.15, 0.2) is 5.58 Å². The van der Waals surface area contributed by atoms with Gasteiger partial charge < -0.3 is 14.3 Å². The molecule has 5 heteroatoms. The fourth-order valence-electron chi connectivity index (χ4n) is 3.79. The zero-order valence-electron chi connectivity index (χ0n) is 18.9. The molecule has 0 aliphatic rings. The van der Waals surface area contributed by atoms with Crippen LogP contribution in [0, 0.1) is 0 Å². The number of hydrogen-bond donors (Lipinski definition) is 1. The number of hydrogen-bond acceptors (Lipinski definition) is 4. The molecule has 4 aromatic rings. The zero-order valence-corrected chi connectivity index (χ0v) is 18.9. The van der Waals surface area contributed by atoms with Gasteiger partial charge in [-0.3, -0.25) is 4.79 Å². The third kappa shape index (κ3) is 4.93. The SMILES string of the molecule is CC(C)(C)c1ccc2oc(-c3cccc4cc(OCCCCCC(=O)O)ccc34)nc2c1. The minimum atomic E-state index is -0.746. The molecule has 32 heavy (non-hydrogen) atoms. The van der Waals surface area contributed by atoms with E-state index < -0.39 is 5.97 Å². The van der Waals surface area contributed by atoms with E-state index in [1.807, 2.05) is 36.4 Å². The second-order valence-electron chi connectivity index (χ2n) is 9.19. The van der Waals surface area contributed by atoms with Crippen LogP contribution in [0.2, 0.25) is 0 Å². The zero-order chi connectivity index (χ0) is 22.7. The lowest BCUT2D eigenvalue weighted by Gasteiger charge is -2.18. The minimum Gasteiger partial charge on any atom is -0.494 e. The van der Waals surface area contributed by atoms with Gasteiger partial charge in [0.05, 0.1) is 6.61 Å². The summed E-state index contributed by atoms with van der Waals surface area (Å²) >= 11 is 0. The van der Waals surface area contributed by atoms with E-state index in [9.17, 15) is 4.79 Å². The summed E-state index contributed by atoms with van der Waals surface area (Å²) in [6.07, 6.45) is 2.58. The predicted octanol–water partition coefficient (Wildman–Crippen LogP) is 6.97. The lowest BCUT2D eigenvalue weighted by Crippen LogP contribution is -2.10. The third-order valence-electron chi connectivity index (χ3n) is 5.64. The highest BCUT2D eigenvalue weighted by Gasteiger charge is 2.17. The maximum absolute atomic E-state index is 10.6. The average Bonchev–Trinajstić information content (AvgIpc) is 3.18. The second-order valence-corrected chi connectivity index (χ2v) is 9.19. The molecule has 0 amide bonds. The van der Waals surface area contributed by atoms with E-state index in [-0.39, 0.29) is 11.8 Å². The summed E-state index contributed by atoms with van der Waals surface area (Å²) in [6.45, 7) is 7.15. The van der Waals surface area contributed by atoms with E-state index in [0.717, 1.165) is 46.0 Å². The number of aliphatic carboxylic acids is 1. The summed E-state index contributed by atoms with van der Waals surface area (Å²) in [4.78, 5) is 15.4. The van der Waals surface area contributed by atoms with Gasteiger partial charge >= 0.3 is 5.97 Å². The van der Waals surface area contributed by atoms with Gasteiger partial charge in [-0.2, -0.15) is 0 Å². The molecule has 0 aliphatic heterocycles. The van der Waals surface area contributed by atoms with Crippen molar-refractivity contribution < 1.29 is 19.1 Å². The molecule has 0 saturated heterocycles. The Labute approximate surface area is 188 Å². The van der Waals surface area contributed by atoms with Gasteiger partial charge in [-0.15, -0.1) is 0 Å². The van der Waals surface area contributed by atoms with Gasteiger partial charge in [0.2, 0.25) is 5.89 Å². The summed E-state index contributed by atoms with van der Waals surface area (Å²) in [6, 6.07) is 18.3. The van der Waals surface area contributed by atoms with Crippen LogP contribution >= 0.6 is 0 Å². The average molecular weight is 432 g/mol. The number of nitrogens with zero attached hydrogens (tertiary/aromatic N) is 1. The van der Waals surface area contributed by atoms with Crippen LogP contribution in [0.15, 0.2) is 59.0 Å². The van der Waals surface area contributed by atoms with Crippen LogP contribution in [0.5, 0.6) is 5.75 Å². The van der Waals surface area contributed by atoms with Crippen LogP contribution in [0.3, 0.4) is 0 Å². The van der Waals surface area contributed by atoms with Crippen molar-refractivity contribution in [3.05, 3.63) is 60.2 Å². The number of carbonyl (C=O) groups is 1. The second kappa shape index (κ2) is 9.03. The molecule has 4 rings (SSSR count). The number of rotatable bonds is 8. The van der Waals surface area contributed by atoms with Crippen molar-refractivity contribution in [3.8, 4) is 17.2 Å².